The summed E-state index contributed by atoms with van der Waals surface area (Å²) in [6.07, 6.45) is 1.16. The van der Waals surface area contributed by atoms with Gasteiger partial charge in [-0.25, -0.2) is 0 Å². The molecule has 1 unspecified atom stereocenters. The Bertz CT molecular complexity index is 370. The second-order valence-electron chi connectivity index (χ2n) is 4.46. The monoisotopic (exact) mass is 252 g/mol. The molecule has 102 valence electrons. The third-order valence-electron chi connectivity index (χ3n) is 3.20. The van der Waals surface area contributed by atoms with Gasteiger partial charge in [0, 0.05) is 19.1 Å². The minimum Gasteiger partial charge on any atom is -0.479 e. The van der Waals surface area contributed by atoms with Crippen LogP contribution in [0.15, 0.2) is 12.1 Å². The Morgan fingerprint density at radius 1 is 1.50 bits per heavy atom. The minimum absolute atomic E-state index is 0.468. The fourth-order valence-corrected chi connectivity index (χ4v) is 1.61. The van der Waals surface area contributed by atoms with Gasteiger partial charge >= 0.3 is 0 Å². The van der Waals surface area contributed by atoms with Gasteiger partial charge in [-0.05, 0) is 32.5 Å². The molecule has 5 nitrogen and oxygen atoms in total. The highest BCUT2D eigenvalue weighted by molar-refractivity contribution is 5.53. The van der Waals surface area contributed by atoms with Gasteiger partial charge in [0.25, 0.3) is 0 Å². The van der Waals surface area contributed by atoms with Crippen molar-refractivity contribution in [1.29, 1.82) is 0 Å². The molecule has 1 aromatic rings. The summed E-state index contributed by atoms with van der Waals surface area (Å²) in [7, 11) is 3.70. The molecule has 0 aromatic carbocycles. The lowest BCUT2D eigenvalue weighted by Gasteiger charge is -2.23. The molecule has 0 saturated carbocycles. The predicted octanol–water partition coefficient (Wildman–Crippen LogP) is 1.81. The maximum Gasteiger partial charge on any atom is 0.238 e. The van der Waals surface area contributed by atoms with E-state index in [1.807, 2.05) is 6.07 Å². The van der Waals surface area contributed by atoms with Crippen molar-refractivity contribution in [3.63, 3.8) is 0 Å². The van der Waals surface area contributed by atoms with Crippen LogP contribution in [0.3, 0.4) is 0 Å². The summed E-state index contributed by atoms with van der Waals surface area (Å²) in [4.78, 5) is 6.60. The van der Waals surface area contributed by atoms with Gasteiger partial charge in [0.1, 0.15) is 5.82 Å². The second kappa shape index (κ2) is 7.06. The van der Waals surface area contributed by atoms with Gasteiger partial charge in [-0.1, -0.05) is 6.92 Å². The summed E-state index contributed by atoms with van der Waals surface area (Å²) >= 11 is 0. The molecule has 18 heavy (non-hydrogen) atoms. The quantitative estimate of drug-likeness (QED) is 0.775. The molecule has 1 heterocycles. The summed E-state index contributed by atoms with van der Waals surface area (Å²) in [6.45, 7) is 6.25. The van der Waals surface area contributed by atoms with Crippen molar-refractivity contribution < 1.29 is 4.74 Å². The first-order chi connectivity index (χ1) is 8.58. The third kappa shape index (κ3) is 4.07. The van der Waals surface area contributed by atoms with Crippen LogP contribution in [0.5, 0.6) is 5.88 Å². The molecule has 0 radical (unpaired) electrons. The molecular weight excluding hydrogens is 228 g/mol. The summed E-state index contributed by atoms with van der Waals surface area (Å²) in [5.74, 6) is 1.26. The highest BCUT2D eigenvalue weighted by Crippen LogP contribution is 2.19. The van der Waals surface area contributed by atoms with Gasteiger partial charge in [-0.2, -0.15) is 4.98 Å². The van der Waals surface area contributed by atoms with Crippen LogP contribution in [-0.2, 0) is 0 Å². The molecule has 1 atom stereocenters. The number of hydrogen-bond donors (Lipinski definition) is 2. The maximum absolute atomic E-state index is 5.71. The largest absolute Gasteiger partial charge is 0.479 e. The van der Waals surface area contributed by atoms with E-state index >= 15 is 0 Å². The zero-order valence-electron chi connectivity index (χ0n) is 11.7. The molecule has 3 N–H and O–H groups in total. The van der Waals surface area contributed by atoms with E-state index in [1.165, 1.54) is 0 Å². The van der Waals surface area contributed by atoms with Crippen LogP contribution < -0.4 is 15.8 Å². The van der Waals surface area contributed by atoms with E-state index in [-0.39, 0.29) is 0 Å². The van der Waals surface area contributed by atoms with Crippen LogP contribution in [0.2, 0.25) is 0 Å². The zero-order chi connectivity index (χ0) is 13.5. The van der Waals surface area contributed by atoms with Gasteiger partial charge in [-0.15, -0.1) is 0 Å². The second-order valence-corrected chi connectivity index (χ2v) is 4.46. The van der Waals surface area contributed by atoms with E-state index < -0.39 is 0 Å². The Morgan fingerprint density at radius 3 is 2.83 bits per heavy atom. The summed E-state index contributed by atoms with van der Waals surface area (Å²) in [5, 5.41) is 3.27. The molecule has 1 rings (SSSR count). The average Bonchev–Trinajstić information content (AvgIpc) is 2.39. The molecule has 0 fully saturated rings. The Labute approximate surface area is 109 Å². The lowest BCUT2D eigenvalue weighted by atomic mass is 10.2. The number of ether oxygens (including phenoxy) is 1. The van der Waals surface area contributed by atoms with Gasteiger partial charge in [-0.3, -0.25) is 0 Å². The molecule has 0 bridgehead atoms. The summed E-state index contributed by atoms with van der Waals surface area (Å²) in [5.41, 5.74) is 6.27. The number of nitrogens with one attached hydrogen (secondary N) is 1. The Kier molecular flexibility index (Phi) is 5.71. The molecule has 0 aliphatic carbocycles. The number of rotatable bonds is 7. The van der Waals surface area contributed by atoms with Crippen molar-refractivity contribution in [2.45, 2.75) is 26.3 Å². The van der Waals surface area contributed by atoms with Crippen molar-refractivity contribution in [2.75, 3.05) is 38.3 Å². The van der Waals surface area contributed by atoms with Crippen molar-refractivity contribution in [2.24, 2.45) is 0 Å². The standard InChI is InChI=1S/C13H24N4O/c1-5-10(2)17(3)9-8-15-12-7-6-11(14)13(16-12)18-4/h6-7,10H,5,8-9,14H2,1-4H3,(H,15,16). The van der Waals surface area contributed by atoms with Crippen LogP contribution in [-0.4, -0.2) is 43.2 Å². The normalized spacial score (nSPS) is 12.5. The number of methoxy groups -OCH3 is 1. The van der Waals surface area contributed by atoms with E-state index in [0.717, 1.165) is 25.3 Å². The average molecular weight is 252 g/mol. The highest BCUT2D eigenvalue weighted by atomic mass is 16.5. The Morgan fingerprint density at radius 2 is 2.22 bits per heavy atom. The van der Waals surface area contributed by atoms with Gasteiger partial charge in [0.2, 0.25) is 5.88 Å². The maximum atomic E-state index is 5.71. The number of hydrogen-bond acceptors (Lipinski definition) is 5. The molecule has 0 spiro atoms. The third-order valence-corrected chi connectivity index (χ3v) is 3.20. The summed E-state index contributed by atoms with van der Waals surface area (Å²) < 4.78 is 5.08. The van der Waals surface area contributed by atoms with Gasteiger partial charge in [0.05, 0.1) is 12.8 Å². The fourth-order valence-electron chi connectivity index (χ4n) is 1.61. The van der Waals surface area contributed by atoms with E-state index in [1.54, 1.807) is 13.2 Å². The number of likely N-dealkylation sites (N-methyl/N-ethyl adjacent to an activating group) is 1. The number of nitrogens with zero attached hydrogens (tertiary/aromatic N) is 2. The minimum atomic E-state index is 0.468. The molecule has 0 aliphatic heterocycles. The lowest BCUT2D eigenvalue weighted by Crippen LogP contribution is -2.32. The first-order valence-electron chi connectivity index (χ1n) is 6.33. The van der Waals surface area contributed by atoms with Crippen LogP contribution in [0.25, 0.3) is 0 Å². The van der Waals surface area contributed by atoms with Crippen LogP contribution in [0.4, 0.5) is 11.5 Å². The molecule has 0 saturated heterocycles. The Hall–Kier alpha value is -1.49. The van der Waals surface area contributed by atoms with E-state index in [4.69, 9.17) is 10.5 Å². The number of pyridine rings is 1. The molecule has 0 aliphatic rings. The zero-order valence-corrected chi connectivity index (χ0v) is 11.7. The van der Waals surface area contributed by atoms with E-state index in [9.17, 15) is 0 Å². The van der Waals surface area contributed by atoms with Crippen LogP contribution in [0.1, 0.15) is 20.3 Å². The number of nitrogen functional groups attached to an aromatic ring is 1. The number of nitrogens with two attached hydrogens (primary N) is 1. The van der Waals surface area contributed by atoms with Crippen molar-refractivity contribution in [3.8, 4) is 5.88 Å². The van der Waals surface area contributed by atoms with Crippen molar-refractivity contribution >= 4 is 11.5 Å². The SMILES string of the molecule is CCC(C)N(C)CCNc1ccc(N)c(OC)n1. The van der Waals surface area contributed by atoms with Crippen LogP contribution in [0, 0.1) is 0 Å². The number of aromatic nitrogens is 1. The number of anilines is 2. The smallest absolute Gasteiger partial charge is 0.238 e. The molecule has 5 heteroatoms. The fraction of sp³-hybridized carbons (Fsp3) is 0.615. The molecule has 0 amide bonds. The lowest BCUT2D eigenvalue weighted by molar-refractivity contribution is 0.261. The van der Waals surface area contributed by atoms with Gasteiger partial charge < -0.3 is 20.7 Å². The first-order valence-corrected chi connectivity index (χ1v) is 6.33. The topological polar surface area (TPSA) is 63.4 Å². The molecular formula is C13H24N4O. The first kappa shape index (κ1) is 14.6. The summed E-state index contributed by atoms with van der Waals surface area (Å²) in [6, 6.07) is 4.26. The van der Waals surface area contributed by atoms with E-state index in [2.05, 4.69) is 36.1 Å². The molecule has 1 aromatic heterocycles. The van der Waals surface area contributed by atoms with Crippen LogP contribution >= 0.6 is 0 Å². The highest BCUT2D eigenvalue weighted by Gasteiger charge is 2.06. The predicted molar refractivity (Wildman–Crippen MR) is 76.1 cm³/mol. The van der Waals surface area contributed by atoms with E-state index in [0.29, 0.717) is 17.6 Å². The van der Waals surface area contributed by atoms with Crippen molar-refractivity contribution in [1.82, 2.24) is 9.88 Å². The van der Waals surface area contributed by atoms with Gasteiger partial charge in [0.15, 0.2) is 0 Å². The Balaban J connectivity index is 2.44. The van der Waals surface area contributed by atoms with Crippen molar-refractivity contribution in [3.05, 3.63) is 12.1 Å².